The molecule has 1 amide bonds. The molecule has 1 unspecified atom stereocenters. The van der Waals surface area contributed by atoms with Crippen molar-refractivity contribution < 1.29 is 4.79 Å². The van der Waals surface area contributed by atoms with Crippen molar-refractivity contribution >= 4 is 16.9 Å². The van der Waals surface area contributed by atoms with E-state index in [0.717, 1.165) is 61.9 Å². The van der Waals surface area contributed by atoms with Crippen molar-refractivity contribution in [3.63, 3.8) is 0 Å². The van der Waals surface area contributed by atoms with Gasteiger partial charge < -0.3 is 10.3 Å². The highest BCUT2D eigenvalue weighted by atomic mass is 16.1. The Morgan fingerprint density at radius 3 is 2.82 bits per heavy atom. The molecule has 22 heavy (non-hydrogen) atoms. The summed E-state index contributed by atoms with van der Waals surface area (Å²) in [6.45, 7) is 4.98. The third-order valence-corrected chi connectivity index (χ3v) is 4.10. The van der Waals surface area contributed by atoms with Gasteiger partial charge in [-0.2, -0.15) is 0 Å². The first-order chi connectivity index (χ1) is 10.7. The van der Waals surface area contributed by atoms with Crippen LogP contribution in [0.4, 0.5) is 0 Å². The van der Waals surface area contributed by atoms with Gasteiger partial charge in [-0.15, -0.1) is 0 Å². The van der Waals surface area contributed by atoms with Gasteiger partial charge in [0.25, 0.3) is 0 Å². The first kappa shape index (κ1) is 16.5. The average molecular weight is 301 g/mol. The van der Waals surface area contributed by atoms with Crippen molar-refractivity contribution in [1.29, 1.82) is 0 Å². The molecule has 2 rings (SSSR count). The molecule has 0 saturated carbocycles. The number of rotatable bonds is 9. The summed E-state index contributed by atoms with van der Waals surface area (Å²) in [7, 11) is 0. The van der Waals surface area contributed by atoms with Gasteiger partial charge in [0.15, 0.2) is 0 Å². The molecule has 120 valence electrons. The molecule has 2 N–H and O–H groups in total. The van der Waals surface area contributed by atoms with Crippen molar-refractivity contribution in [2.75, 3.05) is 6.54 Å². The summed E-state index contributed by atoms with van der Waals surface area (Å²) < 4.78 is 0. The molecule has 1 atom stereocenters. The Hall–Kier alpha value is -1.84. The molecule has 4 heteroatoms. The fourth-order valence-corrected chi connectivity index (χ4v) is 2.71. The Kier molecular flexibility index (Phi) is 6.44. The number of benzene rings is 1. The number of nitrogens with one attached hydrogen (secondary N) is 2. The molecule has 0 aliphatic rings. The molecule has 0 spiro atoms. The molecule has 0 aliphatic heterocycles. The summed E-state index contributed by atoms with van der Waals surface area (Å²) in [5.74, 6) is 1.38. The van der Waals surface area contributed by atoms with Crippen LogP contribution in [0.5, 0.6) is 0 Å². The number of para-hydroxylation sites is 2. The lowest BCUT2D eigenvalue weighted by Crippen LogP contribution is -2.31. The Morgan fingerprint density at radius 2 is 2.09 bits per heavy atom. The van der Waals surface area contributed by atoms with Gasteiger partial charge in [0, 0.05) is 18.9 Å². The van der Waals surface area contributed by atoms with Gasteiger partial charge in [-0.3, -0.25) is 4.79 Å². The number of unbranched alkanes of at least 4 members (excludes halogenated alkanes) is 1. The van der Waals surface area contributed by atoms with Gasteiger partial charge in [-0.1, -0.05) is 38.8 Å². The lowest BCUT2D eigenvalue weighted by Gasteiger charge is -2.14. The predicted octanol–water partition coefficient (Wildman–Crippen LogP) is 3.83. The number of aromatic nitrogens is 2. The van der Waals surface area contributed by atoms with E-state index in [1.165, 1.54) is 0 Å². The molecule has 0 saturated heterocycles. The number of aryl methyl sites for hydroxylation is 1. The Labute approximate surface area is 132 Å². The number of nitrogens with zero attached hydrogens (tertiary/aromatic N) is 1. The van der Waals surface area contributed by atoms with E-state index in [4.69, 9.17) is 0 Å². The van der Waals surface area contributed by atoms with E-state index in [-0.39, 0.29) is 11.8 Å². The number of fused-ring (bicyclic) bond motifs is 1. The van der Waals surface area contributed by atoms with Crippen LogP contribution in [-0.2, 0) is 11.2 Å². The highest BCUT2D eigenvalue weighted by molar-refractivity contribution is 5.78. The van der Waals surface area contributed by atoms with E-state index < -0.39 is 0 Å². The van der Waals surface area contributed by atoms with E-state index >= 15 is 0 Å². The second kappa shape index (κ2) is 8.57. The van der Waals surface area contributed by atoms with E-state index in [9.17, 15) is 4.79 Å². The number of carbonyl (C=O) groups is 1. The number of hydrogen-bond acceptors (Lipinski definition) is 2. The molecule has 0 aliphatic carbocycles. The third kappa shape index (κ3) is 4.58. The quantitative estimate of drug-likeness (QED) is 0.692. The van der Waals surface area contributed by atoms with Crippen LogP contribution < -0.4 is 5.32 Å². The van der Waals surface area contributed by atoms with Crippen LogP contribution in [0.3, 0.4) is 0 Å². The number of hydrogen-bond donors (Lipinski definition) is 2. The lowest BCUT2D eigenvalue weighted by atomic mass is 9.98. The first-order valence-electron chi connectivity index (χ1n) is 8.46. The highest BCUT2D eigenvalue weighted by Gasteiger charge is 2.14. The van der Waals surface area contributed by atoms with Crippen molar-refractivity contribution in [1.82, 2.24) is 15.3 Å². The summed E-state index contributed by atoms with van der Waals surface area (Å²) >= 11 is 0. The van der Waals surface area contributed by atoms with Crippen LogP contribution >= 0.6 is 0 Å². The van der Waals surface area contributed by atoms with E-state index in [2.05, 4.69) is 29.1 Å². The maximum absolute atomic E-state index is 12.1. The van der Waals surface area contributed by atoms with E-state index in [1.807, 2.05) is 24.3 Å². The number of aromatic amines is 1. The fraction of sp³-hybridized carbons (Fsp3) is 0.556. The van der Waals surface area contributed by atoms with Crippen LogP contribution in [0.25, 0.3) is 11.0 Å². The molecule has 1 aromatic carbocycles. The third-order valence-electron chi connectivity index (χ3n) is 4.10. The van der Waals surface area contributed by atoms with E-state index in [0.29, 0.717) is 0 Å². The number of amides is 1. The topological polar surface area (TPSA) is 57.8 Å². The van der Waals surface area contributed by atoms with Gasteiger partial charge >= 0.3 is 0 Å². The zero-order valence-corrected chi connectivity index (χ0v) is 13.7. The number of imidazole rings is 1. The molecule has 1 aromatic heterocycles. The van der Waals surface area contributed by atoms with Crippen LogP contribution in [0.2, 0.25) is 0 Å². The summed E-state index contributed by atoms with van der Waals surface area (Å²) in [6.07, 6.45) is 5.98. The number of H-pyrrole nitrogens is 1. The molecule has 0 radical (unpaired) electrons. The second-order valence-corrected chi connectivity index (χ2v) is 5.84. The predicted molar refractivity (Wildman–Crippen MR) is 90.7 cm³/mol. The summed E-state index contributed by atoms with van der Waals surface area (Å²) in [6, 6.07) is 8.05. The van der Waals surface area contributed by atoms with Crippen LogP contribution in [0, 0.1) is 5.92 Å². The van der Waals surface area contributed by atoms with Crippen molar-refractivity contribution in [2.45, 2.75) is 52.4 Å². The minimum Gasteiger partial charge on any atom is -0.356 e. The summed E-state index contributed by atoms with van der Waals surface area (Å²) in [5, 5.41) is 3.07. The maximum Gasteiger partial charge on any atom is 0.223 e. The van der Waals surface area contributed by atoms with Crippen LogP contribution in [-0.4, -0.2) is 22.4 Å². The number of carbonyl (C=O) groups excluding carboxylic acids is 1. The van der Waals surface area contributed by atoms with Gasteiger partial charge in [0.2, 0.25) is 5.91 Å². The molecular weight excluding hydrogens is 274 g/mol. The fourth-order valence-electron chi connectivity index (χ4n) is 2.71. The van der Waals surface area contributed by atoms with Crippen molar-refractivity contribution in [2.24, 2.45) is 5.92 Å². The molecular formula is C18H27N3O. The van der Waals surface area contributed by atoms with Crippen LogP contribution in [0.15, 0.2) is 24.3 Å². The SMILES string of the molecule is CCCCC(CC)C(=O)NCCCc1nc2ccccc2[nH]1. The monoisotopic (exact) mass is 301 g/mol. The van der Waals surface area contributed by atoms with Gasteiger partial charge in [0.1, 0.15) is 5.82 Å². The van der Waals surface area contributed by atoms with E-state index in [1.54, 1.807) is 0 Å². The standard InChI is InChI=1S/C18H27N3O/c1-3-5-9-14(4-2)18(22)19-13-8-12-17-20-15-10-6-7-11-16(15)21-17/h6-7,10-11,14H,3-5,8-9,12-13H2,1-2H3,(H,19,22)(H,20,21). The smallest absolute Gasteiger partial charge is 0.223 e. The minimum absolute atomic E-state index is 0.172. The molecule has 0 fully saturated rings. The second-order valence-electron chi connectivity index (χ2n) is 5.84. The Bertz CT molecular complexity index is 558. The maximum atomic E-state index is 12.1. The summed E-state index contributed by atoms with van der Waals surface area (Å²) in [4.78, 5) is 20.0. The molecule has 0 bridgehead atoms. The Balaban J connectivity index is 1.73. The first-order valence-corrected chi connectivity index (χ1v) is 8.46. The highest BCUT2D eigenvalue weighted by Crippen LogP contribution is 2.13. The zero-order chi connectivity index (χ0) is 15.8. The van der Waals surface area contributed by atoms with Gasteiger partial charge in [-0.25, -0.2) is 4.98 Å². The Morgan fingerprint density at radius 1 is 1.27 bits per heavy atom. The normalized spacial score (nSPS) is 12.5. The summed E-state index contributed by atoms with van der Waals surface area (Å²) in [5.41, 5.74) is 2.08. The average Bonchev–Trinajstić information content (AvgIpc) is 2.95. The van der Waals surface area contributed by atoms with Gasteiger partial charge in [0.05, 0.1) is 11.0 Å². The van der Waals surface area contributed by atoms with Crippen molar-refractivity contribution in [3.8, 4) is 0 Å². The largest absolute Gasteiger partial charge is 0.356 e. The molecule has 2 aromatic rings. The van der Waals surface area contributed by atoms with Crippen LogP contribution in [0.1, 0.15) is 51.8 Å². The van der Waals surface area contributed by atoms with Crippen molar-refractivity contribution in [3.05, 3.63) is 30.1 Å². The molecule has 1 heterocycles. The molecule has 4 nitrogen and oxygen atoms in total. The van der Waals surface area contributed by atoms with Gasteiger partial charge in [-0.05, 0) is 31.4 Å². The zero-order valence-electron chi connectivity index (χ0n) is 13.7. The lowest BCUT2D eigenvalue weighted by molar-refractivity contribution is -0.125. The minimum atomic E-state index is 0.172.